The van der Waals surface area contributed by atoms with Gasteiger partial charge in [0.1, 0.15) is 0 Å². The van der Waals surface area contributed by atoms with Crippen molar-refractivity contribution < 1.29 is 19.1 Å². The molecule has 1 atom stereocenters. The lowest BCUT2D eigenvalue weighted by Crippen LogP contribution is -2.49. The fourth-order valence-corrected chi connectivity index (χ4v) is 5.21. The molecule has 0 saturated carbocycles. The second-order valence-electron chi connectivity index (χ2n) is 9.45. The summed E-state index contributed by atoms with van der Waals surface area (Å²) in [5, 5.41) is 3.47. The average Bonchev–Trinajstić information content (AvgIpc) is 3.14. The lowest BCUT2D eigenvalue weighted by atomic mass is 9.94. The number of hydrogen-bond acceptors (Lipinski definition) is 5. The van der Waals surface area contributed by atoms with E-state index in [1.54, 1.807) is 32.2 Å². The van der Waals surface area contributed by atoms with Crippen molar-refractivity contribution in [3.8, 4) is 0 Å². The first kappa shape index (κ1) is 28.0. The molecule has 10 heteroatoms. The van der Waals surface area contributed by atoms with Crippen LogP contribution in [0.2, 0.25) is 10.0 Å². The summed E-state index contributed by atoms with van der Waals surface area (Å²) in [5.74, 6) is -0.524. The summed E-state index contributed by atoms with van der Waals surface area (Å²) < 4.78 is 5.41. The highest BCUT2D eigenvalue weighted by Crippen LogP contribution is 2.37. The predicted molar refractivity (Wildman–Crippen MR) is 147 cm³/mol. The lowest BCUT2D eigenvalue weighted by Gasteiger charge is -2.37. The van der Waals surface area contributed by atoms with Crippen LogP contribution in [0.3, 0.4) is 0 Å². The number of nitrogens with zero attached hydrogens (tertiary/aromatic N) is 3. The van der Waals surface area contributed by atoms with E-state index in [4.69, 9.17) is 27.9 Å². The largest absolute Gasteiger partial charge is 0.463 e. The van der Waals surface area contributed by atoms with Crippen molar-refractivity contribution in [1.29, 1.82) is 0 Å². The second kappa shape index (κ2) is 12.2. The molecule has 1 unspecified atom stereocenters. The van der Waals surface area contributed by atoms with Gasteiger partial charge in [-0.25, -0.2) is 9.59 Å². The molecule has 202 valence electrons. The van der Waals surface area contributed by atoms with E-state index in [-0.39, 0.29) is 23.6 Å². The Morgan fingerprint density at radius 2 is 1.79 bits per heavy atom. The van der Waals surface area contributed by atoms with Crippen LogP contribution in [0.5, 0.6) is 0 Å². The highest BCUT2D eigenvalue weighted by molar-refractivity contribution is 6.42. The van der Waals surface area contributed by atoms with Gasteiger partial charge in [-0.1, -0.05) is 53.0 Å². The minimum atomic E-state index is -0.814. The van der Waals surface area contributed by atoms with E-state index in [1.807, 2.05) is 36.1 Å². The van der Waals surface area contributed by atoms with Crippen molar-refractivity contribution in [2.75, 3.05) is 46.4 Å². The molecule has 8 nitrogen and oxygen atoms in total. The van der Waals surface area contributed by atoms with Gasteiger partial charge in [-0.2, -0.15) is 0 Å². The van der Waals surface area contributed by atoms with Gasteiger partial charge in [-0.3, -0.25) is 14.6 Å². The zero-order valence-electron chi connectivity index (χ0n) is 21.8. The van der Waals surface area contributed by atoms with E-state index in [1.165, 1.54) is 4.90 Å². The Morgan fingerprint density at radius 3 is 2.50 bits per heavy atom. The van der Waals surface area contributed by atoms with Gasteiger partial charge >= 0.3 is 12.0 Å². The number of benzene rings is 2. The molecule has 4 rings (SSSR count). The van der Waals surface area contributed by atoms with Crippen molar-refractivity contribution in [3.63, 3.8) is 0 Å². The summed E-state index contributed by atoms with van der Waals surface area (Å²) in [6.07, 6.45) is 0.763. The Labute approximate surface area is 233 Å². The Bertz CT molecular complexity index is 1250. The number of esters is 1. The third-order valence-electron chi connectivity index (χ3n) is 6.91. The van der Waals surface area contributed by atoms with E-state index < -0.39 is 12.0 Å². The first-order chi connectivity index (χ1) is 18.2. The van der Waals surface area contributed by atoms with E-state index in [2.05, 4.69) is 10.2 Å². The molecular formula is C28H32Cl2N4O4. The summed E-state index contributed by atoms with van der Waals surface area (Å²) in [4.78, 5) is 44.8. The van der Waals surface area contributed by atoms with Gasteiger partial charge in [0.15, 0.2) is 0 Å². The van der Waals surface area contributed by atoms with E-state index in [9.17, 15) is 14.4 Å². The molecule has 2 aromatic carbocycles. The molecule has 1 N–H and O–H groups in total. The number of urea groups is 1. The number of carbonyl (C=O) groups is 3. The fourth-order valence-electron chi connectivity index (χ4n) is 4.80. The maximum Gasteiger partial charge on any atom is 0.338 e. The molecule has 0 aliphatic carbocycles. The van der Waals surface area contributed by atoms with E-state index in [0.717, 1.165) is 12.0 Å². The smallest absolute Gasteiger partial charge is 0.338 e. The van der Waals surface area contributed by atoms with Crippen LogP contribution in [-0.2, 0) is 9.53 Å². The Hall–Kier alpha value is -3.07. The van der Waals surface area contributed by atoms with Gasteiger partial charge in [0.25, 0.3) is 5.91 Å². The number of nitrogens with one attached hydrogen (secondary N) is 1. The SMILES string of the molecule is CCOC(=O)C1=C(CN2CCCN(C(=O)c3ccc(C)cc3)CC2)N(C)C(=O)NC1c1cccc(Cl)c1Cl. The standard InChI is InChI=1S/C28H32Cl2N4O4/c1-4-38-27(36)23-22(32(3)28(37)31-25(23)20-7-5-8-21(29)24(20)30)17-33-13-6-14-34(16-15-33)26(35)19-11-9-18(2)10-12-19/h5,7-12,25H,4,6,13-17H2,1-3H3,(H,31,37). The molecule has 0 aromatic heterocycles. The minimum absolute atomic E-state index is 0.00287. The van der Waals surface area contributed by atoms with Crippen LogP contribution in [0.25, 0.3) is 0 Å². The van der Waals surface area contributed by atoms with Crippen molar-refractivity contribution in [2.24, 2.45) is 0 Å². The molecule has 0 bridgehead atoms. The predicted octanol–water partition coefficient (Wildman–Crippen LogP) is 4.66. The molecule has 1 fully saturated rings. The normalized spacial score (nSPS) is 18.8. The summed E-state index contributed by atoms with van der Waals surface area (Å²) in [5.41, 5.74) is 3.14. The van der Waals surface area contributed by atoms with Crippen molar-refractivity contribution in [1.82, 2.24) is 20.0 Å². The summed E-state index contributed by atoms with van der Waals surface area (Å²) in [6, 6.07) is 11.5. The number of aryl methyl sites for hydroxylation is 1. The lowest BCUT2D eigenvalue weighted by molar-refractivity contribution is -0.139. The third-order valence-corrected chi connectivity index (χ3v) is 7.75. The molecule has 2 aromatic rings. The van der Waals surface area contributed by atoms with Gasteiger partial charge in [-0.15, -0.1) is 0 Å². The monoisotopic (exact) mass is 558 g/mol. The molecule has 2 aliphatic heterocycles. The van der Waals surface area contributed by atoms with Gasteiger partial charge in [0.2, 0.25) is 0 Å². The van der Waals surface area contributed by atoms with Crippen molar-refractivity contribution >= 4 is 41.1 Å². The topological polar surface area (TPSA) is 82.2 Å². The van der Waals surface area contributed by atoms with Crippen molar-refractivity contribution in [3.05, 3.63) is 80.5 Å². The molecule has 38 heavy (non-hydrogen) atoms. The van der Waals surface area contributed by atoms with Gasteiger partial charge < -0.3 is 15.0 Å². The third kappa shape index (κ3) is 5.98. The fraction of sp³-hybridized carbons (Fsp3) is 0.393. The molecular weight excluding hydrogens is 527 g/mol. The van der Waals surface area contributed by atoms with Gasteiger partial charge in [-0.05, 0) is 44.0 Å². The highest BCUT2D eigenvalue weighted by Gasteiger charge is 2.38. The maximum absolute atomic E-state index is 13.3. The molecule has 1 saturated heterocycles. The second-order valence-corrected chi connectivity index (χ2v) is 10.2. The van der Waals surface area contributed by atoms with Crippen LogP contribution in [0.1, 0.15) is 40.9 Å². The van der Waals surface area contributed by atoms with Crippen LogP contribution >= 0.6 is 23.2 Å². The quantitative estimate of drug-likeness (QED) is 0.521. The minimum Gasteiger partial charge on any atom is -0.463 e. The number of hydrogen-bond donors (Lipinski definition) is 1. The van der Waals surface area contributed by atoms with Crippen LogP contribution in [0.15, 0.2) is 53.7 Å². The highest BCUT2D eigenvalue weighted by atomic mass is 35.5. The van der Waals surface area contributed by atoms with Gasteiger partial charge in [0.05, 0.1) is 28.3 Å². The Morgan fingerprint density at radius 1 is 1.05 bits per heavy atom. The maximum atomic E-state index is 13.3. The number of likely N-dealkylation sites (N-methyl/N-ethyl adjacent to an activating group) is 1. The van der Waals surface area contributed by atoms with Crippen LogP contribution in [0.4, 0.5) is 4.79 Å². The van der Waals surface area contributed by atoms with E-state index in [0.29, 0.717) is 60.1 Å². The van der Waals surface area contributed by atoms with Crippen LogP contribution in [-0.4, -0.2) is 79.0 Å². The van der Waals surface area contributed by atoms with E-state index >= 15 is 0 Å². The zero-order valence-corrected chi connectivity index (χ0v) is 23.3. The summed E-state index contributed by atoms with van der Waals surface area (Å²) in [7, 11) is 1.63. The number of halogens is 2. The first-order valence-electron chi connectivity index (χ1n) is 12.7. The molecule has 2 heterocycles. The number of ether oxygens (including phenoxy) is 1. The van der Waals surface area contributed by atoms with Gasteiger partial charge in [0, 0.05) is 51.0 Å². The first-order valence-corrected chi connectivity index (χ1v) is 13.4. The van der Waals surface area contributed by atoms with Crippen LogP contribution in [0, 0.1) is 6.92 Å². The summed E-state index contributed by atoms with van der Waals surface area (Å²) in [6.45, 7) is 6.70. The Balaban J connectivity index is 1.61. The number of amides is 3. The van der Waals surface area contributed by atoms with Crippen molar-refractivity contribution in [2.45, 2.75) is 26.3 Å². The number of carbonyl (C=O) groups excluding carboxylic acids is 3. The molecule has 3 amide bonds. The Kier molecular flexibility index (Phi) is 8.97. The number of rotatable bonds is 6. The molecule has 0 spiro atoms. The molecule has 0 radical (unpaired) electrons. The summed E-state index contributed by atoms with van der Waals surface area (Å²) >= 11 is 12.8. The molecule has 2 aliphatic rings. The average molecular weight is 559 g/mol. The van der Waals surface area contributed by atoms with Crippen LogP contribution < -0.4 is 5.32 Å². The zero-order chi connectivity index (χ0) is 27.4.